The third-order valence-corrected chi connectivity index (χ3v) is 6.09. The van der Waals surface area contributed by atoms with E-state index in [0.717, 1.165) is 22.1 Å². The van der Waals surface area contributed by atoms with E-state index < -0.39 is 6.10 Å². The summed E-state index contributed by atoms with van der Waals surface area (Å²) in [6.45, 7) is 2.52. The van der Waals surface area contributed by atoms with E-state index in [-0.39, 0.29) is 5.91 Å². The Morgan fingerprint density at radius 3 is 2.72 bits per heavy atom. The van der Waals surface area contributed by atoms with E-state index in [1.807, 2.05) is 42.1 Å². The van der Waals surface area contributed by atoms with Crippen molar-refractivity contribution in [2.45, 2.75) is 50.4 Å². The second kappa shape index (κ2) is 9.14. The smallest absolute Gasteiger partial charge is 0.260 e. The van der Waals surface area contributed by atoms with Crippen molar-refractivity contribution in [2.75, 3.05) is 12.3 Å². The minimum Gasteiger partial charge on any atom is -0.481 e. The predicted molar refractivity (Wildman–Crippen MR) is 106 cm³/mol. The Bertz CT molecular complexity index is 697. The van der Waals surface area contributed by atoms with Gasteiger partial charge in [0.1, 0.15) is 5.75 Å². The summed E-state index contributed by atoms with van der Waals surface area (Å²) in [6.07, 6.45) is 6.29. The normalized spacial score (nSPS) is 16.5. The molecule has 1 saturated carbocycles. The van der Waals surface area contributed by atoms with Gasteiger partial charge >= 0.3 is 0 Å². The second-order valence-electron chi connectivity index (χ2n) is 6.69. The van der Waals surface area contributed by atoms with Crippen molar-refractivity contribution in [1.82, 2.24) is 5.32 Å². The molecule has 2 aromatic rings. The van der Waals surface area contributed by atoms with E-state index >= 15 is 0 Å². The van der Waals surface area contributed by atoms with Gasteiger partial charge in [0.05, 0.1) is 0 Å². The van der Waals surface area contributed by atoms with Gasteiger partial charge in [0, 0.05) is 17.5 Å². The molecule has 0 unspecified atom stereocenters. The molecule has 1 atom stereocenters. The average Bonchev–Trinajstić information content (AvgIpc) is 2.65. The summed E-state index contributed by atoms with van der Waals surface area (Å²) in [5.41, 5.74) is 0. The number of carbonyl (C=O) groups excluding carboxylic acids is 1. The lowest BCUT2D eigenvalue weighted by Crippen LogP contribution is -2.37. The Balaban J connectivity index is 1.42. The van der Waals surface area contributed by atoms with Crippen LogP contribution in [0.5, 0.6) is 5.75 Å². The molecule has 0 spiro atoms. The lowest BCUT2D eigenvalue weighted by molar-refractivity contribution is -0.127. The molecule has 134 valence electrons. The topological polar surface area (TPSA) is 38.3 Å². The summed E-state index contributed by atoms with van der Waals surface area (Å²) in [7, 11) is 0. The van der Waals surface area contributed by atoms with Crippen molar-refractivity contribution >= 4 is 28.4 Å². The number of ether oxygens (including phenoxy) is 1. The van der Waals surface area contributed by atoms with Crippen LogP contribution in [-0.4, -0.2) is 29.6 Å². The van der Waals surface area contributed by atoms with Crippen molar-refractivity contribution in [1.29, 1.82) is 0 Å². The fourth-order valence-electron chi connectivity index (χ4n) is 3.27. The van der Waals surface area contributed by atoms with Gasteiger partial charge in [0.25, 0.3) is 5.91 Å². The molecular weight excluding hydrogens is 330 g/mol. The van der Waals surface area contributed by atoms with Gasteiger partial charge in [-0.15, -0.1) is 0 Å². The Hall–Kier alpha value is -1.68. The van der Waals surface area contributed by atoms with Crippen LogP contribution in [0.25, 0.3) is 10.8 Å². The van der Waals surface area contributed by atoms with Gasteiger partial charge in [-0.1, -0.05) is 49.6 Å². The molecule has 2 aromatic carbocycles. The predicted octanol–water partition coefficient (Wildman–Crippen LogP) is 4.79. The van der Waals surface area contributed by atoms with Gasteiger partial charge in [0.15, 0.2) is 6.10 Å². The lowest BCUT2D eigenvalue weighted by Gasteiger charge is -2.21. The Labute approximate surface area is 154 Å². The van der Waals surface area contributed by atoms with Crippen LogP contribution in [0.3, 0.4) is 0 Å². The van der Waals surface area contributed by atoms with E-state index in [2.05, 4.69) is 17.4 Å². The second-order valence-corrected chi connectivity index (χ2v) is 8.10. The zero-order valence-electron chi connectivity index (χ0n) is 14.9. The molecule has 0 saturated heterocycles. The summed E-state index contributed by atoms with van der Waals surface area (Å²) >= 11 is 2.00. The molecule has 0 aliphatic heterocycles. The zero-order valence-corrected chi connectivity index (χ0v) is 15.7. The number of fused-ring (bicyclic) bond motifs is 1. The minimum atomic E-state index is -0.485. The van der Waals surface area contributed by atoms with Crippen LogP contribution < -0.4 is 10.1 Å². The standard InChI is InChI=1S/C21H27NO2S/c1-16(21(23)22-13-14-25-20-9-3-2-4-10-20)24-19-12-11-17-7-5-6-8-18(17)15-19/h5-8,11-12,15-16,20H,2-4,9-10,13-14H2,1H3,(H,22,23)/t16-/m0/s1. The summed E-state index contributed by atoms with van der Waals surface area (Å²) in [6, 6.07) is 14.1. The highest BCUT2D eigenvalue weighted by atomic mass is 32.2. The van der Waals surface area contributed by atoms with E-state index in [1.54, 1.807) is 6.92 Å². The monoisotopic (exact) mass is 357 g/mol. The molecule has 0 bridgehead atoms. The number of carbonyl (C=O) groups is 1. The number of amides is 1. The number of rotatable bonds is 7. The average molecular weight is 358 g/mol. The minimum absolute atomic E-state index is 0.0441. The van der Waals surface area contributed by atoms with E-state index in [9.17, 15) is 4.79 Å². The summed E-state index contributed by atoms with van der Waals surface area (Å²) in [5.74, 6) is 1.68. The molecule has 0 radical (unpaired) electrons. The summed E-state index contributed by atoms with van der Waals surface area (Å²) in [5, 5.41) is 6.08. The van der Waals surface area contributed by atoms with Crippen LogP contribution in [0.4, 0.5) is 0 Å². The molecule has 1 aliphatic rings. The first-order valence-corrected chi connectivity index (χ1v) is 10.3. The van der Waals surface area contributed by atoms with Crippen molar-refractivity contribution < 1.29 is 9.53 Å². The third kappa shape index (κ3) is 5.40. The summed E-state index contributed by atoms with van der Waals surface area (Å²) < 4.78 is 5.81. The first-order valence-electron chi connectivity index (χ1n) is 9.27. The molecular formula is C21H27NO2S. The highest BCUT2D eigenvalue weighted by Gasteiger charge is 2.16. The first kappa shape index (κ1) is 18.1. The van der Waals surface area contributed by atoms with Crippen LogP contribution >= 0.6 is 11.8 Å². The highest BCUT2D eigenvalue weighted by Crippen LogP contribution is 2.27. The number of hydrogen-bond acceptors (Lipinski definition) is 3. The molecule has 1 amide bonds. The lowest BCUT2D eigenvalue weighted by atomic mass is 10.0. The zero-order chi connectivity index (χ0) is 17.5. The molecule has 4 heteroatoms. The molecule has 1 aliphatic carbocycles. The Morgan fingerprint density at radius 2 is 1.92 bits per heavy atom. The van der Waals surface area contributed by atoms with Gasteiger partial charge in [-0.25, -0.2) is 0 Å². The molecule has 0 aromatic heterocycles. The Kier molecular flexibility index (Phi) is 6.62. The maximum atomic E-state index is 12.2. The fraction of sp³-hybridized carbons (Fsp3) is 0.476. The van der Waals surface area contributed by atoms with E-state index in [4.69, 9.17) is 4.74 Å². The van der Waals surface area contributed by atoms with Gasteiger partial charge in [-0.05, 0) is 42.7 Å². The quantitative estimate of drug-likeness (QED) is 0.724. The summed E-state index contributed by atoms with van der Waals surface area (Å²) in [4.78, 5) is 12.2. The first-order chi connectivity index (χ1) is 12.2. The third-order valence-electron chi connectivity index (χ3n) is 4.71. The molecule has 25 heavy (non-hydrogen) atoms. The van der Waals surface area contributed by atoms with E-state index in [1.165, 1.54) is 37.5 Å². The van der Waals surface area contributed by atoms with Crippen molar-refractivity contribution in [2.24, 2.45) is 0 Å². The molecule has 3 rings (SSSR count). The van der Waals surface area contributed by atoms with Crippen LogP contribution in [0, 0.1) is 0 Å². The molecule has 3 nitrogen and oxygen atoms in total. The number of benzene rings is 2. The van der Waals surface area contributed by atoms with Crippen molar-refractivity contribution in [3.05, 3.63) is 42.5 Å². The number of nitrogens with one attached hydrogen (secondary N) is 1. The van der Waals surface area contributed by atoms with Crippen LogP contribution in [0.15, 0.2) is 42.5 Å². The maximum Gasteiger partial charge on any atom is 0.260 e. The van der Waals surface area contributed by atoms with Crippen LogP contribution in [0.2, 0.25) is 0 Å². The SMILES string of the molecule is C[C@H](Oc1ccc2ccccc2c1)C(=O)NCCSC1CCCCC1. The van der Waals surface area contributed by atoms with Gasteiger partial charge in [-0.3, -0.25) is 4.79 Å². The highest BCUT2D eigenvalue weighted by molar-refractivity contribution is 7.99. The van der Waals surface area contributed by atoms with E-state index in [0.29, 0.717) is 6.54 Å². The van der Waals surface area contributed by atoms with Crippen LogP contribution in [-0.2, 0) is 4.79 Å². The van der Waals surface area contributed by atoms with Gasteiger partial charge in [-0.2, -0.15) is 11.8 Å². The van der Waals surface area contributed by atoms with Crippen LogP contribution in [0.1, 0.15) is 39.0 Å². The van der Waals surface area contributed by atoms with Crippen molar-refractivity contribution in [3.63, 3.8) is 0 Å². The maximum absolute atomic E-state index is 12.2. The fourth-order valence-corrected chi connectivity index (χ4v) is 4.49. The van der Waals surface area contributed by atoms with Gasteiger partial charge < -0.3 is 10.1 Å². The molecule has 0 heterocycles. The molecule has 1 fully saturated rings. The Morgan fingerprint density at radius 1 is 1.16 bits per heavy atom. The van der Waals surface area contributed by atoms with Gasteiger partial charge in [0.2, 0.25) is 0 Å². The largest absolute Gasteiger partial charge is 0.481 e. The number of hydrogen-bond donors (Lipinski definition) is 1. The number of thioether (sulfide) groups is 1. The molecule has 1 N–H and O–H groups in total. The van der Waals surface area contributed by atoms with Crippen molar-refractivity contribution in [3.8, 4) is 5.75 Å².